The van der Waals surface area contributed by atoms with Crippen LogP contribution < -0.4 is 0 Å². The fourth-order valence-electron chi connectivity index (χ4n) is 3.08. The maximum absolute atomic E-state index is 12.7. The van der Waals surface area contributed by atoms with Gasteiger partial charge in [0.15, 0.2) is 5.69 Å². The number of fused-ring (bicyclic) bond motifs is 1. The van der Waals surface area contributed by atoms with E-state index >= 15 is 0 Å². The fourth-order valence-corrected chi connectivity index (χ4v) is 3.08. The maximum atomic E-state index is 12.7. The summed E-state index contributed by atoms with van der Waals surface area (Å²) in [6, 6.07) is 0.531. The monoisotopic (exact) mass is 292 g/mol. The molecule has 1 aromatic heterocycles. The molecule has 2 aliphatic rings. The Morgan fingerprint density at radius 3 is 2.71 bits per heavy atom. The van der Waals surface area contributed by atoms with E-state index in [-0.39, 0.29) is 5.91 Å². The first-order chi connectivity index (χ1) is 10.1. The summed E-state index contributed by atoms with van der Waals surface area (Å²) in [7, 11) is 1.94. The van der Waals surface area contributed by atoms with Crippen LogP contribution in [0.25, 0.3) is 0 Å². The van der Waals surface area contributed by atoms with E-state index in [1.807, 2.05) is 16.6 Å². The Morgan fingerprint density at radius 1 is 1.33 bits per heavy atom. The molecule has 6 heteroatoms. The van der Waals surface area contributed by atoms with Crippen LogP contribution in [0.4, 0.5) is 0 Å². The lowest BCUT2D eigenvalue weighted by Gasteiger charge is -2.26. The quantitative estimate of drug-likeness (QED) is 0.834. The highest BCUT2D eigenvalue weighted by molar-refractivity contribution is 5.94. The Hall–Kier alpha value is -1.40. The van der Waals surface area contributed by atoms with Gasteiger partial charge in [-0.05, 0) is 13.3 Å². The van der Waals surface area contributed by atoms with Crippen LogP contribution in [0.1, 0.15) is 42.0 Å². The van der Waals surface area contributed by atoms with Gasteiger partial charge in [0.05, 0.1) is 18.9 Å². The predicted octanol–water partition coefficient (Wildman–Crippen LogP) is 1.01. The molecule has 6 nitrogen and oxygen atoms in total. The first kappa shape index (κ1) is 14.5. The number of rotatable bonds is 3. The molecule has 0 aliphatic carbocycles. The third-order valence-corrected chi connectivity index (χ3v) is 4.70. The molecular formula is C15H24N4O2. The Kier molecular flexibility index (Phi) is 3.99. The highest BCUT2D eigenvalue weighted by Gasteiger charge is 2.33. The second-order valence-electron chi connectivity index (χ2n) is 5.96. The molecule has 1 aromatic rings. The number of nitrogens with zero attached hydrogens (tertiary/aromatic N) is 4. The zero-order valence-electron chi connectivity index (χ0n) is 13.1. The van der Waals surface area contributed by atoms with E-state index in [0.29, 0.717) is 38.0 Å². The van der Waals surface area contributed by atoms with Crippen molar-refractivity contribution >= 4 is 5.91 Å². The highest BCUT2D eigenvalue weighted by Crippen LogP contribution is 2.28. The fraction of sp³-hybridized carbons (Fsp3) is 0.733. The van der Waals surface area contributed by atoms with Crippen molar-refractivity contribution in [1.29, 1.82) is 0 Å². The smallest absolute Gasteiger partial charge is 0.274 e. The summed E-state index contributed by atoms with van der Waals surface area (Å²) < 4.78 is 7.20. The standard InChI is InChI=1S/C15H24N4O2/c1-4-11(2)19-9-12-13(10-19)17(3)16-14(12)15(20)18-5-7-21-8-6-18/h11H,4-10H2,1-3H3/t11-/m1/s1. The number of aryl methyl sites for hydroxylation is 1. The summed E-state index contributed by atoms with van der Waals surface area (Å²) in [6.07, 6.45) is 1.12. The molecular weight excluding hydrogens is 268 g/mol. The summed E-state index contributed by atoms with van der Waals surface area (Å²) in [5, 5.41) is 4.48. The second-order valence-corrected chi connectivity index (χ2v) is 5.96. The number of ether oxygens (including phenoxy) is 1. The zero-order valence-corrected chi connectivity index (χ0v) is 13.1. The summed E-state index contributed by atoms with van der Waals surface area (Å²) in [5.74, 6) is 0.0566. The van der Waals surface area contributed by atoms with Gasteiger partial charge in [0.1, 0.15) is 0 Å². The number of aromatic nitrogens is 2. The average Bonchev–Trinajstić information content (AvgIpc) is 3.08. The predicted molar refractivity (Wildman–Crippen MR) is 78.9 cm³/mol. The molecule has 2 aliphatic heterocycles. The van der Waals surface area contributed by atoms with Crippen molar-refractivity contribution < 1.29 is 9.53 Å². The average molecular weight is 292 g/mol. The van der Waals surface area contributed by atoms with E-state index in [2.05, 4.69) is 23.8 Å². The van der Waals surface area contributed by atoms with Gasteiger partial charge in [0.25, 0.3) is 5.91 Å². The van der Waals surface area contributed by atoms with E-state index in [9.17, 15) is 4.79 Å². The molecule has 0 saturated carbocycles. The number of hydrogen-bond acceptors (Lipinski definition) is 4. The summed E-state index contributed by atoms with van der Waals surface area (Å²) in [6.45, 7) is 8.75. The van der Waals surface area contributed by atoms with Gasteiger partial charge in [-0.25, -0.2) is 0 Å². The van der Waals surface area contributed by atoms with E-state index in [0.717, 1.165) is 25.1 Å². The van der Waals surface area contributed by atoms with Gasteiger partial charge >= 0.3 is 0 Å². The van der Waals surface area contributed by atoms with Crippen LogP contribution in [0.3, 0.4) is 0 Å². The maximum Gasteiger partial charge on any atom is 0.274 e. The summed E-state index contributed by atoms with van der Waals surface area (Å²) in [4.78, 5) is 17.0. The van der Waals surface area contributed by atoms with Crippen LogP contribution in [0, 0.1) is 0 Å². The van der Waals surface area contributed by atoms with E-state index in [1.54, 1.807) is 0 Å². The minimum atomic E-state index is 0.0566. The molecule has 3 heterocycles. The van der Waals surface area contributed by atoms with Crippen LogP contribution in [-0.4, -0.2) is 57.8 Å². The molecule has 21 heavy (non-hydrogen) atoms. The van der Waals surface area contributed by atoms with E-state index < -0.39 is 0 Å². The molecule has 0 spiro atoms. The highest BCUT2D eigenvalue weighted by atomic mass is 16.5. The summed E-state index contributed by atoms with van der Waals surface area (Å²) in [5.41, 5.74) is 2.95. The molecule has 1 atom stereocenters. The van der Waals surface area contributed by atoms with Crippen molar-refractivity contribution in [3.63, 3.8) is 0 Å². The van der Waals surface area contributed by atoms with Crippen molar-refractivity contribution in [2.45, 2.75) is 39.4 Å². The largest absolute Gasteiger partial charge is 0.378 e. The van der Waals surface area contributed by atoms with Crippen molar-refractivity contribution in [2.24, 2.45) is 7.05 Å². The lowest BCUT2D eigenvalue weighted by Crippen LogP contribution is -2.41. The topological polar surface area (TPSA) is 50.6 Å². The Labute approximate surface area is 125 Å². The lowest BCUT2D eigenvalue weighted by molar-refractivity contribution is 0.0297. The first-order valence-electron chi connectivity index (χ1n) is 7.77. The van der Waals surface area contributed by atoms with Crippen molar-refractivity contribution in [2.75, 3.05) is 26.3 Å². The van der Waals surface area contributed by atoms with Crippen molar-refractivity contribution in [3.8, 4) is 0 Å². The van der Waals surface area contributed by atoms with Crippen molar-refractivity contribution in [1.82, 2.24) is 19.6 Å². The Balaban J connectivity index is 1.82. The molecule has 1 fully saturated rings. The van der Waals surface area contributed by atoms with Gasteiger partial charge in [0.2, 0.25) is 0 Å². The SMILES string of the molecule is CC[C@@H](C)N1Cc2c(C(=O)N3CCOCC3)nn(C)c2C1. The van der Waals surface area contributed by atoms with Gasteiger partial charge < -0.3 is 9.64 Å². The molecule has 0 aromatic carbocycles. The van der Waals surface area contributed by atoms with Crippen LogP contribution in [0.15, 0.2) is 0 Å². The van der Waals surface area contributed by atoms with Crippen LogP contribution in [-0.2, 0) is 24.9 Å². The lowest BCUT2D eigenvalue weighted by atomic mass is 10.2. The molecule has 1 saturated heterocycles. The third-order valence-electron chi connectivity index (χ3n) is 4.70. The Morgan fingerprint density at radius 2 is 2.05 bits per heavy atom. The summed E-state index contributed by atoms with van der Waals surface area (Å²) >= 11 is 0. The molecule has 1 amide bonds. The number of amides is 1. The molecule has 0 N–H and O–H groups in total. The minimum Gasteiger partial charge on any atom is -0.378 e. The normalized spacial score (nSPS) is 20.6. The molecule has 0 radical (unpaired) electrons. The third kappa shape index (κ3) is 2.58. The first-order valence-corrected chi connectivity index (χ1v) is 7.77. The number of carbonyl (C=O) groups is 1. The van der Waals surface area contributed by atoms with Gasteiger partial charge in [-0.3, -0.25) is 14.4 Å². The minimum absolute atomic E-state index is 0.0566. The number of carbonyl (C=O) groups excluding carboxylic acids is 1. The molecule has 0 unspecified atom stereocenters. The van der Waals surface area contributed by atoms with Gasteiger partial charge in [-0.15, -0.1) is 0 Å². The van der Waals surface area contributed by atoms with Gasteiger partial charge in [-0.1, -0.05) is 6.92 Å². The second kappa shape index (κ2) is 5.77. The van der Waals surface area contributed by atoms with E-state index in [1.165, 1.54) is 5.69 Å². The van der Waals surface area contributed by atoms with Crippen LogP contribution >= 0.6 is 0 Å². The van der Waals surface area contributed by atoms with Gasteiger partial charge in [-0.2, -0.15) is 5.10 Å². The number of morpholine rings is 1. The Bertz CT molecular complexity index is 534. The number of hydrogen-bond donors (Lipinski definition) is 0. The molecule has 3 rings (SSSR count). The van der Waals surface area contributed by atoms with Crippen molar-refractivity contribution in [3.05, 3.63) is 17.0 Å². The van der Waals surface area contributed by atoms with Crippen LogP contribution in [0.2, 0.25) is 0 Å². The van der Waals surface area contributed by atoms with E-state index in [4.69, 9.17) is 4.74 Å². The molecule has 0 bridgehead atoms. The zero-order chi connectivity index (χ0) is 15.0. The molecule has 116 valence electrons. The van der Waals surface area contributed by atoms with Crippen LogP contribution in [0.5, 0.6) is 0 Å². The van der Waals surface area contributed by atoms with Gasteiger partial charge in [0, 0.05) is 44.8 Å².